The van der Waals surface area contributed by atoms with Gasteiger partial charge in [0.1, 0.15) is 34.5 Å². The second-order valence-corrected chi connectivity index (χ2v) is 8.66. The number of hydrogen-bond acceptors (Lipinski definition) is 6. The highest BCUT2D eigenvalue weighted by Gasteiger charge is 2.33. The first-order valence-electron chi connectivity index (χ1n) is 10.6. The lowest BCUT2D eigenvalue weighted by atomic mass is 10.1. The summed E-state index contributed by atoms with van der Waals surface area (Å²) in [5.41, 5.74) is 1.15. The molecule has 0 radical (unpaired) electrons. The zero-order chi connectivity index (χ0) is 24.7. The highest BCUT2D eigenvalue weighted by molar-refractivity contribution is 8.18. The van der Waals surface area contributed by atoms with Gasteiger partial charge in [0.25, 0.3) is 0 Å². The van der Waals surface area contributed by atoms with Crippen LogP contribution >= 0.6 is 23.4 Å². The molecular weight excluding hydrogens is 481 g/mol. The molecule has 0 saturated heterocycles. The van der Waals surface area contributed by atoms with Crippen LogP contribution in [-0.4, -0.2) is 28.6 Å². The first kappa shape index (κ1) is 25.5. The molecule has 1 N–H and O–H groups in total. The summed E-state index contributed by atoms with van der Waals surface area (Å²) in [5.74, 6) is -1.39. The van der Waals surface area contributed by atoms with Gasteiger partial charge in [0.15, 0.2) is 0 Å². The van der Waals surface area contributed by atoms with Gasteiger partial charge in [-0.25, -0.2) is 14.2 Å². The van der Waals surface area contributed by atoms with Crippen LogP contribution in [0.25, 0.3) is 6.08 Å². The van der Waals surface area contributed by atoms with Gasteiger partial charge in [-0.3, -0.25) is 4.79 Å². The third-order valence-electron chi connectivity index (χ3n) is 4.60. The van der Waals surface area contributed by atoms with Crippen molar-refractivity contribution in [1.82, 2.24) is 0 Å². The number of aliphatic imine (C=N–C) groups is 1. The van der Waals surface area contributed by atoms with Crippen molar-refractivity contribution in [3.05, 3.63) is 80.7 Å². The number of rotatable bonds is 8. The van der Waals surface area contributed by atoms with E-state index >= 15 is 0 Å². The van der Waals surface area contributed by atoms with Crippen LogP contribution in [0.4, 0.5) is 4.39 Å². The smallest absolute Gasteiger partial charge is 0.344 e. The minimum atomic E-state index is -0.752. The van der Waals surface area contributed by atoms with Gasteiger partial charge in [0, 0.05) is 6.42 Å². The molecule has 1 aliphatic heterocycles. The van der Waals surface area contributed by atoms with Crippen molar-refractivity contribution in [3.63, 3.8) is 0 Å². The van der Waals surface area contributed by atoms with E-state index in [0.29, 0.717) is 33.2 Å². The summed E-state index contributed by atoms with van der Waals surface area (Å²) < 4.78 is 24.0. The summed E-state index contributed by atoms with van der Waals surface area (Å²) in [4.78, 5) is 28.7. The second-order valence-electron chi connectivity index (χ2n) is 7.22. The number of ether oxygens (including phenoxy) is 2. The van der Waals surface area contributed by atoms with E-state index < -0.39 is 5.97 Å². The molecule has 1 aliphatic rings. The van der Waals surface area contributed by atoms with Crippen LogP contribution in [0.5, 0.6) is 5.75 Å². The Labute approximate surface area is 206 Å². The van der Waals surface area contributed by atoms with E-state index in [2.05, 4.69) is 4.99 Å². The van der Waals surface area contributed by atoms with Gasteiger partial charge >= 0.3 is 5.97 Å². The van der Waals surface area contributed by atoms with Crippen molar-refractivity contribution >= 4 is 46.4 Å². The van der Waals surface area contributed by atoms with Crippen molar-refractivity contribution in [2.45, 2.75) is 33.3 Å². The summed E-state index contributed by atoms with van der Waals surface area (Å²) in [7, 11) is 0. The van der Waals surface area contributed by atoms with Crippen LogP contribution in [0, 0.1) is 5.82 Å². The predicted octanol–water partition coefficient (Wildman–Crippen LogP) is 6.25. The minimum absolute atomic E-state index is 0.0989. The standard InChI is InChI=1S/C25H23ClFNO5S/c1-3-6-21(29)28-24-22(25(31)32-4-2)23(30)20(34-24)13-15-9-10-19(18(26)12-15)33-14-16-7-5-8-17(27)11-16/h5,7-13,30H,3-4,6,14H2,1-2H3/b20-13-,28-24?. The Morgan fingerprint density at radius 2 is 2.00 bits per heavy atom. The normalized spacial score (nSPS) is 15.8. The van der Waals surface area contributed by atoms with E-state index in [4.69, 9.17) is 21.1 Å². The zero-order valence-corrected chi connectivity index (χ0v) is 20.2. The average Bonchev–Trinajstić information content (AvgIpc) is 3.08. The Morgan fingerprint density at radius 3 is 2.68 bits per heavy atom. The van der Waals surface area contributed by atoms with Gasteiger partial charge in [-0.15, -0.1) is 0 Å². The van der Waals surface area contributed by atoms with Crippen LogP contribution in [0.2, 0.25) is 5.02 Å². The van der Waals surface area contributed by atoms with E-state index in [-0.39, 0.29) is 47.7 Å². The molecular formula is C25H23ClFNO5S. The highest BCUT2D eigenvalue weighted by Crippen LogP contribution is 2.40. The van der Waals surface area contributed by atoms with E-state index in [0.717, 1.165) is 11.8 Å². The summed E-state index contributed by atoms with van der Waals surface area (Å²) in [6.07, 6.45) is 2.46. The molecule has 2 aromatic rings. The number of benzene rings is 2. The number of aliphatic hydroxyl groups excluding tert-OH is 1. The Kier molecular flexibility index (Phi) is 8.90. The molecule has 1 heterocycles. The highest BCUT2D eigenvalue weighted by atomic mass is 35.5. The SMILES string of the molecule is CCCC(=O)N=C1S/C(=C\c2ccc(OCc3cccc(F)c3)c(Cl)c2)C(O)=C1C(=O)OCC. The largest absolute Gasteiger partial charge is 0.506 e. The van der Waals surface area contributed by atoms with Gasteiger partial charge in [-0.2, -0.15) is 0 Å². The molecule has 0 atom stereocenters. The molecule has 1 amide bonds. The number of carbonyl (C=O) groups is 2. The maximum atomic E-state index is 13.3. The third-order valence-corrected chi connectivity index (χ3v) is 5.91. The number of thioether (sulfide) groups is 1. The molecule has 9 heteroatoms. The number of halogens is 2. The van der Waals surface area contributed by atoms with Gasteiger partial charge in [-0.1, -0.05) is 48.5 Å². The fourth-order valence-electron chi connectivity index (χ4n) is 3.04. The molecule has 0 fully saturated rings. The molecule has 0 aromatic heterocycles. The summed E-state index contributed by atoms with van der Waals surface area (Å²) in [6, 6.07) is 11.1. The predicted molar refractivity (Wildman–Crippen MR) is 131 cm³/mol. The molecule has 3 rings (SSSR count). The molecule has 0 bridgehead atoms. The summed E-state index contributed by atoms with van der Waals surface area (Å²) in [6.45, 7) is 3.75. The number of carbonyl (C=O) groups excluding carboxylic acids is 2. The summed E-state index contributed by atoms with van der Waals surface area (Å²) >= 11 is 7.35. The first-order chi connectivity index (χ1) is 16.3. The molecule has 0 saturated carbocycles. The first-order valence-corrected chi connectivity index (χ1v) is 11.8. The maximum Gasteiger partial charge on any atom is 0.344 e. The third kappa shape index (κ3) is 6.48. The Balaban J connectivity index is 1.84. The average molecular weight is 504 g/mol. The molecule has 6 nitrogen and oxygen atoms in total. The topological polar surface area (TPSA) is 85.2 Å². The molecule has 34 heavy (non-hydrogen) atoms. The number of nitrogens with zero attached hydrogens (tertiary/aromatic N) is 1. The van der Waals surface area contributed by atoms with Crippen molar-refractivity contribution in [2.75, 3.05) is 6.61 Å². The Morgan fingerprint density at radius 1 is 1.21 bits per heavy atom. The van der Waals surface area contributed by atoms with Gasteiger partial charge in [0.2, 0.25) is 5.91 Å². The Hall–Kier alpha value is -3.10. The van der Waals surface area contributed by atoms with Crippen molar-refractivity contribution in [1.29, 1.82) is 0 Å². The molecule has 0 unspecified atom stereocenters. The van der Waals surface area contributed by atoms with E-state index in [1.165, 1.54) is 12.1 Å². The van der Waals surface area contributed by atoms with Crippen LogP contribution in [0.3, 0.4) is 0 Å². The lowest BCUT2D eigenvalue weighted by Crippen LogP contribution is -2.14. The molecule has 0 aliphatic carbocycles. The van der Waals surface area contributed by atoms with E-state index in [1.54, 1.807) is 43.3 Å². The van der Waals surface area contributed by atoms with Crippen LogP contribution in [0.15, 0.2) is 63.7 Å². The monoisotopic (exact) mass is 503 g/mol. The van der Waals surface area contributed by atoms with E-state index in [1.807, 2.05) is 6.92 Å². The number of esters is 1. The van der Waals surface area contributed by atoms with Gasteiger partial charge in [0.05, 0.1) is 16.5 Å². The fraction of sp³-hybridized carbons (Fsp3) is 0.240. The maximum absolute atomic E-state index is 13.3. The Bertz CT molecular complexity index is 1190. The van der Waals surface area contributed by atoms with Crippen molar-refractivity contribution in [3.8, 4) is 5.75 Å². The number of amides is 1. The van der Waals surface area contributed by atoms with Crippen molar-refractivity contribution in [2.24, 2.45) is 4.99 Å². The molecule has 2 aromatic carbocycles. The van der Waals surface area contributed by atoms with Crippen LogP contribution in [0.1, 0.15) is 37.8 Å². The van der Waals surface area contributed by atoms with E-state index in [9.17, 15) is 19.1 Å². The van der Waals surface area contributed by atoms with Gasteiger partial charge < -0.3 is 14.6 Å². The number of hydrogen-bond donors (Lipinski definition) is 1. The van der Waals surface area contributed by atoms with Crippen LogP contribution in [-0.2, 0) is 20.9 Å². The van der Waals surface area contributed by atoms with Crippen LogP contribution < -0.4 is 4.74 Å². The second kappa shape index (κ2) is 11.9. The molecule has 178 valence electrons. The lowest BCUT2D eigenvalue weighted by molar-refractivity contribution is -0.138. The lowest BCUT2D eigenvalue weighted by Gasteiger charge is -2.09. The summed E-state index contributed by atoms with van der Waals surface area (Å²) in [5, 5.41) is 11.1. The van der Waals surface area contributed by atoms with Gasteiger partial charge in [-0.05, 0) is 54.8 Å². The fourth-order valence-corrected chi connectivity index (χ4v) is 4.31. The zero-order valence-electron chi connectivity index (χ0n) is 18.6. The number of aliphatic hydroxyl groups is 1. The molecule has 0 spiro atoms. The van der Waals surface area contributed by atoms with Crippen molar-refractivity contribution < 1.29 is 28.6 Å². The quantitative estimate of drug-likeness (QED) is 0.429. The minimum Gasteiger partial charge on any atom is -0.506 e.